The summed E-state index contributed by atoms with van der Waals surface area (Å²) in [6, 6.07) is 10.7. The molecule has 0 atom stereocenters. The van der Waals surface area contributed by atoms with Crippen molar-refractivity contribution in [3.63, 3.8) is 0 Å². The van der Waals surface area contributed by atoms with E-state index in [2.05, 4.69) is 44.2 Å². The molecule has 4 bridgehead atoms. The smallest absolute Gasteiger partial charge is 0 e. The van der Waals surface area contributed by atoms with E-state index in [9.17, 15) is 5.11 Å². The van der Waals surface area contributed by atoms with E-state index in [1.165, 1.54) is 11.1 Å². The minimum absolute atomic E-state index is 0. The normalized spacial score (nSPS) is 10.5. The molecular formula is C21H20CrO5. The fourth-order valence-corrected chi connectivity index (χ4v) is 3.05. The molecule has 3 rings (SSSR count). The molecule has 0 saturated carbocycles. The molecule has 6 heteroatoms. The Labute approximate surface area is 170 Å². The molecule has 0 saturated heterocycles. The van der Waals surface area contributed by atoms with Gasteiger partial charge in [-0.05, 0) is 60.9 Å². The minimum atomic E-state index is 0. The van der Waals surface area contributed by atoms with Crippen LogP contribution in [0, 0.1) is 26.9 Å². The fourth-order valence-electron chi connectivity index (χ4n) is 3.05. The molecule has 0 unspecified atom stereocenters. The number of hydrogen-bond donors (Lipinski definition) is 1. The largest absolute Gasteiger partial charge is 0 e. The number of aromatic hydroxyl groups is 1. The van der Waals surface area contributed by atoms with Crippen molar-refractivity contribution >= 4 is 0 Å². The summed E-state index contributed by atoms with van der Waals surface area (Å²) in [6.07, 6.45) is 3.60. The van der Waals surface area contributed by atoms with Gasteiger partial charge in [-0.1, -0.05) is 24.3 Å². The Kier molecular flexibility index (Phi) is 14.9. The molecule has 0 spiro atoms. The first kappa shape index (κ1) is 27.0. The summed E-state index contributed by atoms with van der Waals surface area (Å²) in [4.78, 5) is 0. The predicted octanol–water partition coefficient (Wildman–Crippen LogP) is 3.48. The standard InChI is InChI=1S/C18H20O2.3CO.Cr/c1-12-16-9-7-14-5-3-4-13(10-14)6-8-15(18(16)19)11-17(12)20-2;3*1-2;/h3-5,10-11,19H,6-9H2,1-2H3;;;;. The summed E-state index contributed by atoms with van der Waals surface area (Å²) in [7, 11) is 1.70. The van der Waals surface area contributed by atoms with E-state index in [4.69, 9.17) is 18.7 Å². The second-order valence-corrected chi connectivity index (χ2v) is 5.51. The van der Waals surface area contributed by atoms with Gasteiger partial charge in [-0.2, -0.15) is 0 Å². The average Bonchev–Trinajstić information content (AvgIpc) is 2.71. The molecule has 2 aromatic rings. The molecule has 140 valence electrons. The van der Waals surface area contributed by atoms with Crippen LogP contribution in [0.15, 0.2) is 30.3 Å². The third-order valence-corrected chi connectivity index (χ3v) is 4.28. The maximum atomic E-state index is 10.5. The quantitative estimate of drug-likeness (QED) is 0.583. The van der Waals surface area contributed by atoms with Gasteiger partial charge in [-0.15, -0.1) is 0 Å². The first-order chi connectivity index (χ1) is 12.7. The van der Waals surface area contributed by atoms with E-state index in [1.807, 2.05) is 13.0 Å². The zero-order chi connectivity index (χ0) is 20.1. The minimum Gasteiger partial charge on any atom is 0 e. The van der Waals surface area contributed by atoms with Crippen LogP contribution in [-0.2, 0) is 57.0 Å². The summed E-state index contributed by atoms with van der Waals surface area (Å²) in [6.45, 7) is 15.5. The molecule has 0 heterocycles. The Bertz CT molecular complexity index is 764. The van der Waals surface area contributed by atoms with Crippen LogP contribution in [0.2, 0.25) is 0 Å². The van der Waals surface area contributed by atoms with Crippen molar-refractivity contribution < 1.29 is 41.2 Å². The molecule has 0 amide bonds. The fraction of sp³-hybridized carbons (Fsp3) is 0.286. The van der Waals surface area contributed by atoms with E-state index < -0.39 is 0 Å². The van der Waals surface area contributed by atoms with Crippen LogP contribution < -0.4 is 4.74 Å². The van der Waals surface area contributed by atoms with E-state index in [-0.39, 0.29) is 17.4 Å². The predicted molar refractivity (Wildman–Crippen MR) is 92.4 cm³/mol. The van der Waals surface area contributed by atoms with Crippen LogP contribution in [0.3, 0.4) is 0 Å². The van der Waals surface area contributed by atoms with Crippen LogP contribution in [0.5, 0.6) is 11.5 Å². The summed E-state index contributed by atoms with van der Waals surface area (Å²) < 4.78 is 28.0. The molecule has 2 aromatic carbocycles. The van der Waals surface area contributed by atoms with Crippen LogP contribution in [0.4, 0.5) is 0 Å². The number of aryl methyl sites for hydroxylation is 3. The van der Waals surface area contributed by atoms with Crippen molar-refractivity contribution in [1.82, 2.24) is 0 Å². The van der Waals surface area contributed by atoms with Crippen LogP contribution >= 0.6 is 0 Å². The molecule has 0 aromatic heterocycles. The van der Waals surface area contributed by atoms with Crippen molar-refractivity contribution in [2.45, 2.75) is 32.6 Å². The van der Waals surface area contributed by atoms with Crippen LogP contribution in [0.1, 0.15) is 27.8 Å². The molecular weight excluding hydrogens is 384 g/mol. The molecule has 5 nitrogen and oxygen atoms in total. The van der Waals surface area contributed by atoms with Gasteiger partial charge in [0.1, 0.15) is 11.5 Å². The van der Waals surface area contributed by atoms with E-state index in [0.29, 0.717) is 5.75 Å². The van der Waals surface area contributed by atoms with Crippen LogP contribution in [-0.4, -0.2) is 12.2 Å². The van der Waals surface area contributed by atoms with Crippen molar-refractivity contribution in [2.24, 2.45) is 0 Å². The summed E-state index contributed by atoms with van der Waals surface area (Å²) >= 11 is 0. The maximum Gasteiger partial charge on any atom is 0 e. The third-order valence-electron chi connectivity index (χ3n) is 4.28. The zero-order valence-electron chi connectivity index (χ0n) is 15.2. The summed E-state index contributed by atoms with van der Waals surface area (Å²) in [5.74, 6) is 1.35. The van der Waals surface area contributed by atoms with Crippen molar-refractivity contribution in [2.75, 3.05) is 7.11 Å². The molecule has 1 N–H and O–H groups in total. The number of phenolic OH excluding ortho intramolecular Hbond substituents is 1. The molecule has 27 heavy (non-hydrogen) atoms. The van der Waals surface area contributed by atoms with Crippen molar-refractivity contribution in [1.29, 1.82) is 0 Å². The maximum absolute atomic E-state index is 10.5. The molecule has 1 aliphatic carbocycles. The SMILES string of the molecule is COc1cc2c(O)c(c1C)CCc1cccc(c1)CC2.[C-]#[O+].[C-]#[O+].[C-]#[O+].[Cr]. The van der Waals surface area contributed by atoms with Gasteiger partial charge in [0.25, 0.3) is 0 Å². The molecule has 0 aliphatic heterocycles. The number of hydrogen-bond acceptors (Lipinski definition) is 2. The monoisotopic (exact) mass is 404 g/mol. The average molecular weight is 404 g/mol. The van der Waals surface area contributed by atoms with E-state index >= 15 is 0 Å². The van der Waals surface area contributed by atoms with Crippen LogP contribution in [0.25, 0.3) is 0 Å². The van der Waals surface area contributed by atoms with Crippen molar-refractivity contribution in [3.05, 3.63) is 78.1 Å². The van der Waals surface area contributed by atoms with Gasteiger partial charge in [0.15, 0.2) is 0 Å². The van der Waals surface area contributed by atoms with Gasteiger partial charge < -0.3 is 9.84 Å². The Morgan fingerprint density at radius 2 is 1.41 bits per heavy atom. The topological polar surface area (TPSA) is 89.2 Å². The van der Waals surface area contributed by atoms with Gasteiger partial charge >= 0.3 is 33.9 Å². The number of phenols is 1. The summed E-state index contributed by atoms with van der Waals surface area (Å²) in [5, 5.41) is 10.5. The number of fused-ring (bicyclic) bond motifs is 4. The second-order valence-electron chi connectivity index (χ2n) is 5.51. The Morgan fingerprint density at radius 1 is 0.889 bits per heavy atom. The molecule has 0 radical (unpaired) electrons. The molecule has 1 aliphatic rings. The number of rotatable bonds is 1. The van der Waals surface area contributed by atoms with Gasteiger partial charge in [-0.3, -0.25) is 0 Å². The molecule has 0 fully saturated rings. The van der Waals surface area contributed by atoms with Crippen molar-refractivity contribution in [3.8, 4) is 11.5 Å². The number of benzene rings is 2. The number of ether oxygens (including phenoxy) is 1. The van der Waals surface area contributed by atoms with Gasteiger partial charge in [-0.25, -0.2) is 0 Å². The first-order valence-electron chi connectivity index (χ1n) is 7.76. The van der Waals surface area contributed by atoms with Gasteiger partial charge in [0.2, 0.25) is 0 Å². The zero-order valence-corrected chi connectivity index (χ0v) is 16.5. The number of methoxy groups -OCH3 is 1. The summed E-state index contributed by atoms with van der Waals surface area (Å²) in [5.41, 5.74) is 5.77. The second kappa shape index (κ2) is 14.9. The third kappa shape index (κ3) is 7.14. The first-order valence-corrected chi connectivity index (χ1v) is 7.76. The Balaban J connectivity index is 0. The Hall–Kier alpha value is -2.21. The van der Waals surface area contributed by atoms with Gasteiger partial charge in [0, 0.05) is 22.9 Å². The van der Waals surface area contributed by atoms with E-state index in [1.54, 1.807) is 7.11 Å². The van der Waals surface area contributed by atoms with E-state index in [0.717, 1.165) is 48.1 Å². The van der Waals surface area contributed by atoms with Gasteiger partial charge in [0.05, 0.1) is 7.11 Å². The Morgan fingerprint density at radius 3 is 1.93 bits per heavy atom.